The molecule has 0 spiro atoms. The number of amides is 1. The van der Waals surface area contributed by atoms with E-state index in [9.17, 15) is 9.90 Å². The lowest BCUT2D eigenvalue weighted by atomic mass is 9.90. The number of aliphatic hydroxyl groups is 1. The third kappa shape index (κ3) is 2.10. The summed E-state index contributed by atoms with van der Waals surface area (Å²) >= 11 is 0. The quantitative estimate of drug-likeness (QED) is 0.838. The first kappa shape index (κ1) is 11.9. The van der Waals surface area contributed by atoms with E-state index in [-0.39, 0.29) is 5.91 Å². The number of rotatable bonds is 3. The fourth-order valence-electron chi connectivity index (χ4n) is 1.92. The largest absolute Gasteiger partial charge is 0.494 e. The summed E-state index contributed by atoms with van der Waals surface area (Å²) in [6.07, 6.45) is 3.73. The predicted octanol–water partition coefficient (Wildman–Crippen LogP) is 0.687. The third-order valence-electron chi connectivity index (χ3n) is 3.15. The summed E-state index contributed by atoms with van der Waals surface area (Å²) in [5.74, 6) is 0.340. The molecule has 1 saturated heterocycles. The third-order valence-corrected chi connectivity index (χ3v) is 3.15. The number of carbonyl (C=O) groups is 1. The number of hydrogen-bond acceptors (Lipinski definition) is 4. The molecular formula is C12H16N2O3. The second-order valence-corrected chi connectivity index (χ2v) is 4.32. The van der Waals surface area contributed by atoms with Crippen LogP contribution < -0.4 is 4.74 Å². The van der Waals surface area contributed by atoms with Gasteiger partial charge in [0.15, 0.2) is 0 Å². The van der Waals surface area contributed by atoms with E-state index < -0.39 is 5.60 Å². The first-order chi connectivity index (χ1) is 8.09. The molecule has 0 bridgehead atoms. The molecule has 2 heterocycles. The Kier molecular flexibility index (Phi) is 3.02. The molecule has 0 atom stereocenters. The molecule has 1 amide bonds. The molecule has 5 heteroatoms. The fourth-order valence-corrected chi connectivity index (χ4v) is 1.92. The standard InChI is InChI=1S/C12H16N2O3/c1-3-12(16)7-14(8-12)11(15)9-4-5-13-6-10(9)17-2/h4-6,16H,3,7-8H2,1-2H3. The van der Waals surface area contributed by atoms with Gasteiger partial charge in [0.25, 0.3) is 5.91 Å². The van der Waals surface area contributed by atoms with Crippen LogP contribution in [0, 0.1) is 0 Å². The van der Waals surface area contributed by atoms with Gasteiger partial charge in [-0.2, -0.15) is 0 Å². The van der Waals surface area contributed by atoms with E-state index >= 15 is 0 Å². The summed E-state index contributed by atoms with van der Waals surface area (Å²) in [7, 11) is 1.51. The average molecular weight is 236 g/mol. The van der Waals surface area contributed by atoms with E-state index in [4.69, 9.17) is 4.74 Å². The van der Waals surface area contributed by atoms with Crippen molar-refractivity contribution in [1.82, 2.24) is 9.88 Å². The second-order valence-electron chi connectivity index (χ2n) is 4.32. The van der Waals surface area contributed by atoms with Gasteiger partial charge in [0.2, 0.25) is 0 Å². The van der Waals surface area contributed by atoms with Gasteiger partial charge in [0, 0.05) is 6.20 Å². The van der Waals surface area contributed by atoms with Crippen LogP contribution in [-0.2, 0) is 0 Å². The monoisotopic (exact) mass is 236 g/mol. The van der Waals surface area contributed by atoms with Gasteiger partial charge in [-0.3, -0.25) is 9.78 Å². The van der Waals surface area contributed by atoms with Crippen LogP contribution in [0.1, 0.15) is 23.7 Å². The van der Waals surface area contributed by atoms with E-state index in [1.54, 1.807) is 17.2 Å². The zero-order chi connectivity index (χ0) is 12.5. The predicted molar refractivity (Wildman–Crippen MR) is 61.9 cm³/mol. The van der Waals surface area contributed by atoms with Gasteiger partial charge in [-0.1, -0.05) is 6.92 Å². The Morgan fingerprint density at radius 1 is 1.65 bits per heavy atom. The number of carbonyl (C=O) groups excluding carboxylic acids is 1. The van der Waals surface area contributed by atoms with Gasteiger partial charge >= 0.3 is 0 Å². The molecule has 0 unspecified atom stereocenters. The summed E-state index contributed by atoms with van der Waals surface area (Å²) in [5.41, 5.74) is -0.226. The van der Waals surface area contributed by atoms with Crippen molar-refractivity contribution in [2.75, 3.05) is 20.2 Å². The molecule has 1 fully saturated rings. The molecule has 0 saturated carbocycles. The minimum atomic E-state index is -0.712. The van der Waals surface area contributed by atoms with Crippen LogP contribution in [0.25, 0.3) is 0 Å². The maximum absolute atomic E-state index is 12.1. The van der Waals surface area contributed by atoms with Crippen molar-refractivity contribution < 1.29 is 14.6 Å². The van der Waals surface area contributed by atoms with Crippen molar-refractivity contribution in [3.63, 3.8) is 0 Å². The van der Waals surface area contributed by atoms with Crippen LogP contribution in [-0.4, -0.2) is 46.7 Å². The molecule has 1 N–H and O–H groups in total. The summed E-state index contributed by atoms with van der Waals surface area (Å²) in [6, 6.07) is 1.63. The maximum atomic E-state index is 12.1. The highest BCUT2D eigenvalue weighted by Crippen LogP contribution is 2.27. The number of hydrogen-bond donors (Lipinski definition) is 1. The molecular weight excluding hydrogens is 220 g/mol. The second kappa shape index (κ2) is 4.33. The van der Waals surface area contributed by atoms with Gasteiger partial charge in [-0.25, -0.2) is 0 Å². The van der Waals surface area contributed by atoms with Crippen molar-refractivity contribution in [1.29, 1.82) is 0 Å². The smallest absolute Gasteiger partial charge is 0.257 e. The number of β-amino-alcohol motifs (C(OH)–C–C–N with tert-alkyl or cyclic N) is 1. The van der Waals surface area contributed by atoms with Gasteiger partial charge in [0.1, 0.15) is 5.75 Å². The number of likely N-dealkylation sites (tertiary alicyclic amines) is 1. The maximum Gasteiger partial charge on any atom is 0.257 e. The van der Waals surface area contributed by atoms with Crippen LogP contribution in [0.5, 0.6) is 5.75 Å². The highest BCUT2D eigenvalue weighted by Gasteiger charge is 2.42. The molecule has 17 heavy (non-hydrogen) atoms. The minimum Gasteiger partial charge on any atom is -0.494 e. The number of pyridine rings is 1. The summed E-state index contributed by atoms with van der Waals surface area (Å²) < 4.78 is 5.09. The summed E-state index contributed by atoms with van der Waals surface area (Å²) in [4.78, 5) is 17.6. The average Bonchev–Trinajstić information content (AvgIpc) is 2.34. The zero-order valence-corrected chi connectivity index (χ0v) is 10.0. The Bertz CT molecular complexity index is 428. The van der Waals surface area contributed by atoms with Crippen molar-refractivity contribution >= 4 is 5.91 Å². The first-order valence-corrected chi connectivity index (χ1v) is 5.59. The SMILES string of the molecule is CCC1(O)CN(C(=O)c2ccncc2OC)C1. The van der Waals surface area contributed by atoms with Gasteiger partial charge in [-0.05, 0) is 12.5 Å². The molecule has 0 aliphatic carbocycles. The van der Waals surface area contributed by atoms with Crippen molar-refractivity contribution in [3.8, 4) is 5.75 Å². The Labute approximate surface area is 100 Å². The molecule has 1 aliphatic heterocycles. The summed E-state index contributed by atoms with van der Waals surface area (Å²) in [6.45, 7) is 2.68. The Balaban J connectivity index is 2.12. The fraction of sp³-hybridized carbons (Fsp3) is 0.500. The van der Waals surface area contributed by atoms with Crippen LogP contribution in [0.15, 0.2) is 18.5 Å². The van der Waals surface area contributed by atoms with Crippen LogP contribution >= 0.6 is 0 Å². The normalized spacial score (nSPS) is 17.5. The summed E-state index contributed by atoms with van der Waals surface area (Å²) in [5, 5.41) is 9.87. The lowest BCUT2D eigenvalue weighted by Gasteiger charge is -2.46. The van der Waals surface area contributed by atoms with Crippen molar-refractivity contribution in [3.05, 3.63) is 24.0 Å². The molecule has 5 nitrogen and oxygen atoms in total. The van der Waals surface area contributed by atoms with E-state index in [0.717, 1.165) is 0 Å². The van der Waals surface area contributed by atoms with Gasteiger partial charge in [0.05, 0.1) is 37.6 Å². The number of nitrogens with zero attached hydrogens (tertiary/aromatic N) is 2. The molecule has 1 aromatic rings. The first-order valence-electron chi connectivity index (χ1n) is 5.59. The topological polar surface area (TPSA) is 62.7 Å². The zero-order valence-electron chi connectivity index (χ0n) is 10.0. The number of methoxy groups -OCH3 is 1. The minimum absolute atomic E-state index is 0.123. The van der Waals surface area contributed by atoms with Crippen LogP contribution in [0.2, 0.25) is 0 Å². The van der Waals surface area contributed by atoms with Crippen LogP contribution in [0.4, 0.5) is 0 Å². The number of ether oxygens (including phenoxy) is 1. The van der Waals surface area contributed by atoms with Gasteiger partial charge in [-0.15, -0.1) is 0 Å². The molecule has 0 radical (unpaired) electrons. The van der Waals surface area contributed by atoms with E-state index in [0.29, 0.717) is 30.8 Å². The highest BCUT2D eigenvalue weighted by molar-refractivity contribution is 5.97. The molecule has 0 aromatic carbocycles. The Morgan fingerprint density at radius 2 is 2.35 bits per heavy atom. The van der Waals surface area contributed by atoms with Crippen molar-refractivity contribution in [2.24, 2.45) is 0 Å². The van der Waals surface area contributed by atoms with Crippen molar-refractivity contribution in [2.45, 2.75) is 18.9 Å². The molecule has 2 rings (SSSR count). The van der Waals surface area contributed by atoms with Crippen LogP contribution in [0.3, 0.4) is 0 Å². The highest BCUT2D eigenvalue weighted by atomic mass is 16.5. The van der Waals surface area contributed by atoms with E-state index in [2.05, 4.69) is 4.98 Å². The molecule has 1 aromatic heterocycles. The number of aromatic nitrogens is 1. The van der Waals surface area contributed by atoms with Gasteiger partial charge < -0.3 is 14.7 Å². The van der Waals surface area contributed by atoms with E-state index in [1.165, 1.54) is 13.3 Å². The lowest BCUT2D eigenvalue weighted by Crippen LogP contribution is -2.63. The lowest BCUT2D eigenvalue weighted by molar-refractivity contribution is -0.0827. The molecule has 92 valence electrons. The Hall–Kier alpha value is -1.62. The Morgan fingerprint density at radius 3 is 2.94 bits per heavy atom. The van der Waals surface area contributed by atoms with E-state index in [1.807, 2.05) is 6.92 Å². The molecule has 1 aliphatic rings.